The van der Waals surface area contributed by atoms with Crippen molar-refractivity contribution in [3.63, 3.8) is 0 Å². The molecule has 1 saturated heterocycles. The van der Waals surface area contributed by atoms with Crippen LogP contribution in [0.4, 0.5) is 0 Å². The molecule has 0 radical (unpaired) electrons. The third kappa shape index (κ3) is 3.99. The summed E-state index contributed by atoms with van der Waals surface area (Å²) in [5, 5.41) is 4.24. The molecule has 2 atom stereocenters. The van der Waals surface area contributed by atoms with Crippen molar-refractivity contribution < 1.29 is 4.79 Å². The zero-order valence-corrected chi connectivity index (χ0v) is 19.5. The molecule has 5 nitrogen and oxygen atoms in total. The highest BCUT2D eigenvalue weighted by Gasteiger charge is 2.35. The van der Waals surface area contributed by atoms with Gasteiger partial charge in [-0.25, -0.2) is 4.98 Å². The predicted molar refractivity (Wildman–Crippen MR) is 130 cm³/mol. The predicted octanol–water partition coefficient (Wildman–Crippen LogP) is 5.90. The summed E-state index contributed by atoms with van der Waals surface area (Å²) >= 11 is 1.68. The lowest BCUT2D eigenvalue weighted by Gasteiger charge is -2.28. The molecule has 32 heavy (non-hydrogen) atoms. The standard InChI is InChI=1S/C26H30N4OS/c1-19(2)17-30-22-9-4-3-8-21(22)27-26(30)23-10-7-14-29(23)25(31)16-24(20-11-15-32-18-20)28-12-5-6-13-28/h3-6,8-9,11-13,15,18-19,23-24H,7,10,14,16-17H2,1-2H3. The molecule has 0 aliphatic carbocycles. The van der Waals surface area contributed by atoms with Gasteiger partial charge >= 0.3 is 0 Å². The fraction of sp³-hybridized carbons (Fsp3) is 0.385. The molecule has 5 rings (SSSR count). The largest absolute Gasteiger partial charge is 0.346 e. The monoisotopic (exact) mass is 446 g/mol. The van der Waals surface area contributed by atoms with E-state index in [0.29, 0.717) is 12.3 Å². The summed E-state index contributed by atoms with van der Waals surface area (Å²) in [5.41, 5.74) is 3.38. The Morgan fingerprint density at radius 2 is 1.97 bits per heavy atom. The minimum atomic E-state index is 0.0273. The van der Waals surface area contributed by atoms with Gasteiger partial charge in [0, 0.05) is 25.5 Å². The van der Waals surface area contributed by atoms with Gasteiger partial charge in [0.05, 0.1) is 29.5 Å². The summed E-state index contributed by atoms with van der Waals surface area (Å²) in [4.78, 5) is 20.8. The Labute approximate surface area is 193 Å². The van der Waals surface area contributed by atoms with Crippen LogP contribution in [-0.2, 0) is 11.3 Å². The van der Waals surface area contributed by atoms with Crippen molar-refractivity contribution >= 4 is 28.3 Å². The second kappa shape index (κ2) is 8.94. The first-order chi connectivity index (χ1) is 15.6. The van der Waals surface area contributed by atoms with Crippen molar-refractivity contribution in [1.29, 1.82) is 0 Å². The number of hydrogen-bond acceptors (Lipinski definition) is 3. The molecule has 0 N–H and O–H groups in total. The van der Waals surface area contributed by atoms with Crippen molar-refractivity contribution in [2.75, 3.05) is 6.54 Å². The Hall–Kier alpha value is -2.86. The molecule has 0 saturated carbocycles. The molecular formula is C26H30N4OS. The second-order valence-corrected chi connectivity index (χ2v) is 9.90. The number of carbonyl (C=O) groups excluding carboxylic acids is 1. The van der Waals surface area contributed by atoms with E-state index >= 15 is 0 Å². The van der Waals surface area contributed by atoms with Gasteiger partial charge in [-0.3, -0.25) is 4.79 Å². The Kier molecular flexibility index (Phi) is 5.87. The first kappa shape index (κ1) is 21.0. The van der Waals surface area contributed by atoms with Gasteiger partial charge in [-0.1, -0.05) is 26.0 Å². The average molecular weight is 447 g/mol. The number of hydrogen-bond donors (Lipinski definition) is 0. The average Bonchev–Trinajstić information content (AvgIpc) is 3.59. The lowest BCUT2D eigenvalue weighted by atomic mass is 10.1. The first-order valence-corrected chi connectivity index (χ1v) is 12.5. The summed E-state index contributed by atoms with van der Waals surface area (Å²) in [5.74, 6) is 1.76. The molecule has 1 aliphatic rings. The highest BCUT2D eigenvalue weighted by atomic mass is 32.1. The van der Waals surface area contributed by atoms with E-state index in [4.69, 9.17) is 4.98 Å². The van der Waals surface area contributed by atoms with Crippen LogP contribution in [0, 0.1) is 5.92 Å². The third-order valence-electron chi connectivity index (χ3n) is 6.39. The molecule has 1 fully saturated rings. The van der Waals surface area contributed by atoms with E-state index in [0.717, 1.165) is 37.3 Å². The molecule has 2 unspecified atom stereocenters. The van der Waals surface area contributed by atoms with Crippen LogP contribution in [0.1, 0.15) is 56.6 Å². The Balaban J connectivity index is 1.45. The minimum Gasteiger partial charge on any atom is -0.346 e. The molecule has 1 aromatic carbocycles. The van der Waals surface area contributed by atoms with Crippen LogP contribution >= 0.6 is 11.3 Å². The van der Waals surface area contributed by atoms with Crippen molar-refractivity contribution in [3.05, 3.63) is 77.0 Å². The second-order valence-electron chi connectivity index (χ2n) is 9.12. The summed E-state index contributed by atoms with van der Waals surface area (Å²) in [6, 6.07) is 14.6. The maximum Gasteiger partial charge on any atom is 0.225 e. The molecule has 0 spiro atoms. The van der Waals surface area contributed by atoms with Gasteiger partial charge in [0.1, 0.15) is 5.82 Å². The van der Waals surface area contributed by atoms with Crippen LogP contribution in [-0.4, -0.2) is 31.5 Å². The van der Waals surface area contributed by atoms with Crippen molar-refractivity contribution in [1.82, 2.24) is 19.0 Å². The van der Waals surface area contributed by atoms with Crippen LogP contribution in [0.5, 0.6) is 0 Å². The third-order valence-corrected chi connectivity index (χ3v) is 7.09. The number of fused-ring (bicyclic) bond motifs is 1. The lowest BCUT2D eigenvalue weighted by Crippen LogP contribution is -2.34. The Morgan fingerprint density at radius 1 is 1.16 bits per heavy atom. The number of carbonyl (C=O) groups is 1. The first-order valence-electron chi connectivity index (χ1n) is 11.5. The van der Waals surface area contributed by atoms with Crippen molar-refractivity contribution in [2.24, 2.45) is 5.92 Å². The zero-order valence-electron chi connectivity index (χ0n) is 18.7. The van der Waals surface area contributed by atoms with Crippen molar-refractivity contribution in [2.45, 2.75) is 51.7 Å². The van der Waals surface area contributed by atoms with Gasteiger partial charge in [0.2, 0.25) is 5.91 Å². The van der Waals surface area contributed by atoms with E-state index in [-0.39, 0.29) is 18.0 Å². The van der Waals surface area contributed by atoms with Crippen LogP contribution in [0.2, 0.25) is 0 Å². The van der Waals surface area contributed by atoms with E-state index in [1.165, 1.54) is 11.1 Å². The topological polar surface area (TPSA) is 43.1 Å². The fourth-order valence-electron chi connectivity index (χ4n) is 4.94. The normalized spacial score (nSPS) is 17.5. The minimum absolute atomic E-state index is 0.0273. The summed E-state index contributed by atoms with van der Waals surface area (Å²) < 4.78 is 4.50. The number of amides is 1. The van der Waals surface area contributed by atoms with Crippen LogP contribution in [0.15, 0.2) is 65.6 Å². The maximum absolute atomic E-state index is 13.7. The Morgan fingerprint density at radius 3 is 2.72 bits per heavy atom. The summed E-state index contributed by atoms with van der Waals surface area (Å²) in [6.07, 6.45) is 6.57. The number of nitrogens with zero attached hydrogens (tertiary/aromatic N) is 4. The van der Waals surface area contributed by atoms with Crippen LogP contribution in [0.25, 0.3) is 11.0 Å². The molecule has 4 heterocycles. The highest BCUT2D eigenvalue weighted by molar-refractivity contribution is 7.08. The van der Waals surface area contributed by atoms with Gasteiger partial charge in [0.25, 0.3) is 0 Å². The number of thiophene rings is 1. The van der Waals surface area contributed by atoms with Crippen LogP contribution < -0.4 is 0 Å². The summed E-state index contributed by atoms with van der Waals surface area (Å²) in [7, 11) is 0. The van der Waals surface area contributed by atoms with E-state index in [1.807, 2.05) is 18.2 Å². The SMILES string of the molecule is CC(C)Cn1c(C2CCCN2C(=O)CC(c2ccsc2)n2cccc2)nc2ccccc21. The van der Waals surface area contributed by atoms with Gasteiger partial charge in [0.15, 0.2) is 0 Å². The van der Waals surface area contributed by atoms with Gasteiger partial charge in [-0.05, 0) is 65.4 Å². The molecule has 166 valence electrons. The summed E-state index contributed by atoms with van der Waals surface area (Å²) in [6.45, 7) is 6.18. The van der Waals surface area contributed by atoms with Gasteiger partial charge in [-0.2, -0.15) is 11.3 Å². The molecule has 4 aromatic rings. The van der Waals surface area contributed by atoms with E-state index < -0.39 is 0 Å². The zero-order chi connectivity index (χ0) is 22.1. The molecule has 1 aliphatic heterocycles. The molecule has 1 amide bonds. The van der Waals surface area contributed by atoms with Crippen molar-refractivity contribution in [3.8, 4) is 0 Å². The smallest absolute Gasteiger partial charge is 0.225 e. The Bertz CT molecular complexity index is 1140. The van der Waals surface area contributed by atoms with E-state index in [9.17, 15) is 4.79 Å². The quantitative estimate of drug-likeness (QED) is 0.355. The molecule has 6 heteroatoms. The van der Waals surface area contributed by atoms with E-state index in [2.05, 4.69) is 75.3 Å². The van der Waals surface area contributed by atoms with Gasteiger partial charge in [-0.15, -0.1) is 0 Å². The van der Waals surface area contributed by atoms with Gasteiger partial charge < -0.3 is 14.0 Å². The van der Waals surface area contributed by atoms with E-state index in [1.54, 1.807) is 11.3 Å². The highest BCUT2D eigenvalue weighted by Crippen LogP contribution is 2.36. The number of likely N-dealkylation sites (tertiary alicyclic amines) is 1. The molecule has 3 aromatic heterocycles. The number of benzene rings is 1. The number of rotatable bonds is 7. The number of imidazole rings is 1. The maximum atomic E-state index is 13.7. The number of aromatic nitrogens is 3. The lowest BCUT2D eigenvalue weighted by molar-refractivity contribution is -0.132. The molecular weight excluding hydrogens is 416 g/mol. The molecule has 0 bridgehead atoms. The van der Waals surface area contributed by atoms with Crippen LogP contribution in [0.3, 0.4) is 0 Å². The number of para-hydroxylation sites is 2. The fourth-order valence-corrected chi connectivity index (χ4v) is 5.64.